The minimum atomic E-state index is -4.15. The molecule has 2 amide bonds. The number of amides is 2. The van der Waals surface area contributed by atoms with Crippen molar-refractivity contribution in [2.24, 2.45) is 0 Å². The fraction of sp³-hybridized carbons (Fsp3) is 0.333. The number of aryl methyl sites for hydroxylation is 2. The highest BCUT2D eigenvalue weighted by Gasteiger charge is 2.35. The zero-order valence-corrected chi connectivity index (χ0v) is 29.6. The molecular formula is C39H45N3O4S2. The Morgan fingerprint density at radius 3 is 2.00 bits per heavy atom. The van der Waals surface area contributed by atoms with Crippen LogP contribution >= 0.6 is 11.8 Å². The van der Waals surface area contributed by atoms with Crippen LogP contribution in [-0.2, 0) is 32.6 Å². The standard InChI is InChI=1S/C39H45N3O4S2/c1-29-14-18-32(19-15-29)27-41(37(26-31-10-6-4-7-11-31)39(44)40-33-12-8-5-9-13-33)38(43)28-42(34-20-16-30(2)17-21-34)48(45,46)36-24-22-35(47-3)23-25-36/h4,6-7,10-11,14-25,33,37H,5,8-9,12-13,26-28H2,1-3H3,(H,40,44)/t37-/m1/s1. The van der Waals surface area contributed by atoms with Crippen LogP contribution in [0, 0.1) is 13.8 Å². The number of sulfonamides is 1. The first-order valence-corrected chi connectivity index (χ1v) is 19.2. The third-order valence-electron chi connectivity index (χ3n) is 8.94. The molecule has 0 saturated heterocycles. The second-order valence-electron chi connectivity index (χ2n) is 12.6. The van der Waals surface area contributed by atoms with Crippen LogP contribution in [0.2, 0.25) is 0 Å². The van der Waals surface area contributed by atoms with Gasteiger partial charge in [0.05, 0.1) is 10.6 Å². The summed E-state index contributed by atoms with van der Waals surface area (Å²) in [5.74, 6) is -0.677. The zero-order chi connectivity index (χ0) is 34.1. The van der Waals surface area contributed by atoms with Gasteiger partial charge in [-0.2, -0.15) is 0 Å². The van der Waals surface area contributed by atoms with Gasteiger partial charge in [-0.3, -0.25) is 13.9 Å². The first-order chi connectivity index (χ1) is 23.1. The van der Waals surface area contributed by atoms with Gasteiger partial charge in [-0.15, -0.1) is 11.8 Å². The van der Waals surface area contributed by atoms with E-state index in [4.69, 9.17) is 0 Å². The maximum absolute atomic E-state index is 14.7. The lowest BCUT2D eigenvalue weighted by Crippen LogP contribution is -2.55. The first-order valence-electron chi connectivity index (χ1n) is 16.6. The van der Waals surface area contributed by atoms with Crippen LogP contribution in [0.15, 0.2) is 113 Å². The molecule has 9 heteroatoms. The summed E-state index contributed by atoms with van der Waals surface area (Å²) < 4.78 is 29.8. The van der Waals surface area contributed by atoms with Crippen molar-refractivity contribution >= 4 is 39.3 Å². The zero-order valence-electron chi connectivity index (χ0n) is 28.0. The third-order valence-corrected chi connectivity index (χ3v) is 11.5. The van der Waals surface area contributed by atoms with Gasteiger partial charge in [0.1, 0.15) is 12.6 Å². The van der Waals surface area contributed by atoms with Crippen molar-refractivity contribution in [3.8, 4) is 0 Å². The van der Waals surface area contributed by atoms with E-state index in [-0.39, 0.29) is 23.4 Å². The molecule has 0 aliphatic heterocycles. The second kappa shape index (κ2) is 16.3. The third kappa shape index (κ3) is 9.08. The summed E-state index contributed by atoms with van der Waals surface area (Å²) in [6.07, 6.45) is 7.31. The van der Waals surface area contributed by atoms with Crippen LogP contribution < -0.4 is 9.62 Å². The molecule has 1 atom stereocenters. The lowest BCUT2D eigenvalue weighted by Gasteiger charge is -2.35. The molecule has 4 aromatic rings. The van der Waals surface area contributed by atoms with Gasteiger partial charge in [-0.25, -0.2) is 8.42 Å². The van der Waals surface area contributed by atoms with Crippen LogP contribution in [0.1, 0.15) is 54.4 Å². The summed E-state index contributed by atoms with van der Waals surface area (Å²) in [7, 11) is -4.15. The number of nitrogens with zero attached hydrogens (tertiary/aromatic N) is 2. The Morgan fingerprint density at radius 2 is 1.40 bits per heavy atom. The summed E-state index contributed by atoms with van der Waals surface area (Å²) in [6.45, 7) is 3.61. The van der Waals surface area contributed by atoms with Gasteiger partial charge < -0.3 is 10.2 Å². The Hall–Kier alpha value is -4.08. The van der Waals surface area contributed by atoms with E-state index in [1.54, 1.807) is 41.3 Å². The van der Waals surface area contributed by atoms with Crippen LogP contribution in [0.3, 0.4) is 0 Å². The van der Waals surface area contributed by atoms with E-state index in [2.05, 4.69) is 5.32 Å². The molecule has 252 valence electrons. The molecule has 1 fully saturated rings. The highest BCUT2D eigenvalue weighted by molar-refractivity contribution is 7.98. The summed E-state index contributed by atoms with van der Waals surface area (Å²) in [5.41, 5.74) is 4.20. The molecule has 0 bridgehead atoms. The van der Waals surface area contributed by atoms with E-state index in [9.17, 15) is 18.0 Å². The topological polar surface area (TPSA) is 86.8 Å². The van der Waals surface area contributed by atoms with Gasteiger partial charge in [0.2, 0.25) is 11.8 Å². The number of thioether (sulfide) groups is 1. The number of nitrogens with one attached hydrogen (secondary N) is 1. The SMILES string of the molecule is CSc1ccc(S(=O)(=O)N(CC(=O)N(Cc2ccc(C)cc2)[C@H](Cc2ccccc2)C(=O)NC2CCCCC2)c2ccc(C)cc2)cc1. The summed E-state index contributed by atoms with van der Waals surface area (Å²) >= 11 is 1.52. The molecule has 1 aliphatic carbocycles. The van der Waals surface area contributed by atoms with Gasteiger partial charge in [-0.05, 0) is 80.5 Å². The molecular weight excluding hydrogens is 639 g/mol. The van der Waals surface area contributed by atoms with Crippen LogP contribution in [0.5, 0.6) is 0 Å². The maximum atomic E-state index is 14.7. The number of anilines is 1. The summed E-state index contributed by atoms with van der Waals surface area (Å²) in [5, 5.41) is 3.26. The van der Waals surface area contributed by atoms with Crippen LogP contribution in [0.25, 0.3) is 0 Å². The molecule has 0 radical (unpaired) electrons. The number of rotatable bonds is 13. The van der Waals surface area contributed by atoms with Gasteiger partial charge >= 0.3 is 0 Å². The Kier molecular flexibility index (Phi) is 12.0. The summed E-state index contributed by atoms with van der Waals surface area (Å²) in [4.78, 5) is 31.5. The molecule has 1 aliphatic rings. The lowest BCUT2D eigenvalue weighted by atomic mass is 9.94. The van der Waals surface area contributed by atoms with E-state index in [1.807, 2.05) is 86.8 Å². The molecule has 5 rings (SSSR count). The largest absolute Gasteiger partial charge is 0.352 e. The smallest absolute Gasteiger partial charge is 0.264 e. The van der Waals surface area contributed by atoms with E-state index in [1.165, 1.54) is 16.1 Å². The van der Waals surface area contributed by atoms with Crippen molar-refractivity contribution in [1.82, 2.24) is 10.2 Å². The molecule has 0 aromatic heterocycles. The monoisotopic (exact) mass is 683 g/mol. The number of carbonyl (C=O) groups excluding carboxylic acids is 2. The number of benzene rings is 4. The molecule has 0 heterocycles. The van der Waals surface area contributed by atoms with Crippen molar-refractivity contribution in [2.75, 3.05) is 17.1 Å². The molecule has 0 unspecified atom stereocenters. The van der Waals surface area contributed by atoms with Crippen LogP contribution in [0.4, 0.5) is 5.69 Å². The quantitative estimate of drug-likeness (QED) is 0.150. The molecule has 0 spiro atoms. The Balaban J connectivity index is 1.55. The van der Waals surface area contributed by atoms with Crippen LogP contribution in [-0.4, -0.2) is 50.0 Å². The van der Waals surface area contributed by atoms with E-state index >= 15 is 0 Å². The number of hydrogen-bond donors (Lipinski definition) is 1. The van der Waals surface area contributed by atoms with Gasteiger partial charge in [0, 0.05) is 23.9 Å². The maximum Gasteiger partial charge on any atom is 0.264 e. The normalized spacial score (nSPS) is 14.2. The van der Waals surface area contributed by atoms with Crippen molar-refractivity contribution in [3.05, 3.63) is 125 Å². The highest BCUT2D eigenvalue weighted by Crippen LogP contribution is 2.27. The predicted octanol–water partition coefficient (Wildman–Crippen LogP) is 7.31. The van der Waals surface area contributed by atoms with Crippen molar-refractivity contribution < 1.29 is 18.0 Å². The van der Waals surface area contributed by atoms with Crippen molar-refractivity contribution in [3.63, 3.8) is 0 Å². The van der Waals surface area contributed by atoms with Gasteiger partial charge in [0.25, 0.3) is 10.0 Å². The Bertz CT molecular complexity index is 1760. The van der Waals surface area contributed by atoms with Crippen molar-refractivity contribution in [2.45, 2.75) is 80.8 Å². The average Bonchev–Trinajstić information content (AvgIpc) is 3.10. The minimum absolute atomic E-state index is 0.0505. The number of carbonyl (C=O) groups is 2. The van der Waals surface area contributed by atoms with E-state index < -0.39 is 28.5 Å². The lowest BCUT2D eigenvalue weighted by molar-refractivity contribution is -0.140. The fourth-order valence-electron chi connectivity index (χ4n) is 6.10. The molecule has 7 nitrogen and oxygen atoms in total. The minimum Gasteiger partial charge on any atom is -0.352 e. The Labute approximate surface area is 289 Å². The van der Waals surface area contributed by atoms with E-state index in [0.29, 0.717) is 12.1 Å². The predicted molar refractivity (Wildman–Crippen MR) is 195 cm³/mol. The summed E-state index contributed by atoms with van der Waals surface area (Å²) in [6, 6.07) is 30.5. The molecule has 4 aromatic carbocycles. The van der Waals surface area contributed by atoms with Crippen molar-refractivity contribution in [1.29, 1.82) is 0 Å². The highest BCUT2D eigenvalue weighted by atomic mass is 32.2. The second-order valence-corrected chi connectivity index (χ2v) is 15.3. The molecule has 1 N–H and O–H groups in total. The molecule has 48 heavy (non-hydrogen) atoms. The molecule has 1 saturated carbocycles. The van der Waals surface area contributed by atoms with Gasteiger partial charge in [-0.1, -0.05) is 97.1 Å². The Morgan fingerprint density at radius 1 is 0.792 bits per heavy atom. The van der Waals surface area contributed by atoms with Gasteiger partial charge in [0.15, 0.2) is 0 Å². The van der Waals surface area contributed by atoms with E-state index in [0.717, 1.165) is 59.3 Å². The first kappa shape index (κ1) is 35.2. The fourth-order valence-corrected chi connectivity index (χ4v) is 7.93. The number of hydrogen-bond acceptors (Lipinski definition) is 5. The average molecular weight is 684 g/mol.